The van der Waals surface area contributed by atoms with Gasteiger partial charge < -0.3 is 0 Å². The van der Waals surface area contributed by atoms with Gasteiger partial charge in [0.2, 0.25) is 0 Å². The van der Waals surface area contributed by atoms with Crippen LogP contribution in [0.25, 0.3) is 0 Å². The second kappa shape index (κ2) is 4.73. The van der Waals surface area contributed by atoms with E-state index >= 15 is 0 Å². The van der Waals surface area contributed by atoms with Crippen LogP contribution in [0.5, 0.6) is 0 Å². The van der Waals surface area contributed by atoms with Crippen LogP contribution in [0.1, 0.15) is 5.56 Å². The topological polar surface area (TPSA) is 0 Å². The molecule has 0 aliphatic rings. The molecule has 0 N–H and O–H groups in total. The van der Waals surface area contributed by atoms with Gasteiger partial charge in [0.1, 0.15) is 11.6 Å². The second-order valence-corrected chi connectivity index (χ2v) is 3.59. The molecule has 0 fully saturated rings. The zero-order chi connectivity index (χ0) is 9.84. The minimum absolute atomic E-state index is 0.181. The van der Waals surface area contributed by atoms with E-state index in [2.05, 4.69) is 43.7 Å². The maximum Gasteiger partial charge on any atom is 0.142 e. The summed E-state index contributed by atoms with van der Waals surface area (Å²) in [4.78, 5) is 0. The summed E-state index contributed by atoms with van der Waals surface area (Å²) in [6.45, 7) is 0. The van der Waals surface area contributed by atoms with Crippen LogP contribution in [-0.2, 0) is 0 Å². The molecule has 0 saturated heterocycles. The van der Waals surface area contributed by atoms with E-state index in [1.54, 1.807) is 0 Å². The highest BCUT2D eigenvalue weighted by Gasteiger charge is 2.06. The van der Waals surface area contributed by atoms with E-state index in [0.29, 0.717) is 9.80 Å². The average molecular weight is 310 g/mol. The van der Waals surface area contributed by atoms with Crippen molar-refractivity contribution in [2.75, 3.05) is 5.33 Å². The lowest BCUT2D eigenvalue weighted by molar-refractivity contribution is 0.579. The van der Waals surface area contributed by atoms with Crippen LogP contribution < -0.4 is 0 Å². The third-order valence-electron chi connectivity index (χ3n) is 1.29. The van der Waals surface area contributed by atoms with Crippen molar-refractivity contribution in [1.82, 2.24) is 0 Å². The lowest BCUT2D eigenvalue weighted by Crippen LogP contribution is -1.88. The van der Waals surface area contributed by atoms with Crippen LogP contribution in [0.15, 0.2) is 16.6 Å². The maximum atomic E-state index is 13.0. The Hall–Kier alpha value is -0.400. The van der Waals surface area contributed by atoms with Crippen LogP contribution >= 0.6 is 31.9 Å². The Bertz CT molecular complexity index is 354. The van der Waals surface area contributed by atoms with Crippen molar-refractivity contribution in [2.45, 2.75) is 0 Å². The summed E-state index contributed by atoms with van der Waals surface area (Å²) in [5.74, 6) is 3.94. The van der Waals surface area contributed by atoms with Crippen molar-refractivity contribution in [2.24, 2.45) is 0 Å². The zero-order valence-corrected chi connectivity index (χ0v) is 9.55. The summed E-state index contributed by atoms with van der Waals surface area (Å²) in [6.07, 6.45) is 0. The molecule has 0 radical (unpaired) electrons. The van der Waals surface area contributed by atoms with E-state index in [1.807, 2.05) is 0 Å². The van der Waals surface area contributed by atoms with Crippen LogP contribution in [0.2, 0.25) is 0 Å². The summed E-state index contributed by atoms with van der Waals surface area (Å²) in [5.41, 5.74) is 0.181. The summed E-state index contributed by atoms with van der Waals surface area (Å²) in [6, 6.07) is 1.99. The molecule has 1 rings (SSSR count). The third-order valence-corrected chi connectivity index (χ3v) is 2.19. The summed E-state index contributed by atoms with van der Waals surface area (Å²) in [5, 5.41) is 0.455. The van der Waals surface area contributed by atoms with Gasteiger partial charge in [0, 0.05) is 10.5 Å². The number of rotatable bonds is 0. The number of hydrogen-bond acceptors (Lipinski definition) is 0. The molecular weight excluding hydrogens is 306 g/mol. The van der Waals surface area contributed by atoms with E-state index in [-0.39, 0.29) is 5.56 Å². The van der Waals surface area contributed by atoms with E-state index in [0.717, 1.165) is 6.07 Å². The van der Waals surface area contributed by atoms with E-state index in [4.69, 9.17) is 0 Å². The monoisotopic (exact) mass is 308 g/mol. The molecule has 68 valence electrons. The minimum atomic E-state index is -0.652. The predicted octanol–water partition coefficient (Wildman–Crippen LogP) is 3.47. The Labute approximate surface area is 91.6 Å². The molecule has 0 spiro atoms. The number of alkyl halides is 1. The molecule has 0 amide bonds. The van der Waals surface area contributed by atoms with Crippen molar-refractivity contribution in [3.63, 3.8) is 0 Å². The number of hydrogen-bond donors (Lipinski definition) is 0. The molecule has 0 bridgehead atoms. The molecule has 0 aliphatic carbocycles. The van der Waals surface area contributed by atoms with Crippen molar-refractivity contribution in [3.05, 3.63) is 33.8 Å². The van der Waals surface area contributed by atoms with Gasteiger partial charge in [-0.1, -0.05) is 27.8 Å². The average Bonchev–Trinajstić information content (AvgIpc) is 2.02. The Morgan fingerprint density at radius 3 is 2.54 bits per heavy atom. The molecule has 0 saturated carbocycles. The largest absolute Gasteiger partial charge is 0.207 e. The smallest absolute Gasteiger partial charge is 0.142 e. The fourth-order valence-electron chi connectivity index (χ4n) is 0.783. The molecule has 1 aromatic carbocycles. The number of benzene rings is 1. The molecular formula is C9H4Br2F2. The molecule has 0 heterocycles. The molecule has 13 heavy (non-hydrogen) atoms. The highest BCUT2D eigenvalue weighted by Crippen LogP contribution is 2.20. The molecule has 0 aromatic heterocycles. The SMILES string of the molecule is Fc1cc(F)c(C#CCBr)c(Br)c1. The van der Waals surface area contributed by atoms with Gasteiger partial charge >= 0.3 is 0 Å². The molecule has 0 aliphatic heterocycles. The lowest BCUT2D eigenvalue weighted by Gasteiger charge is -1.98. The fraction of sp³-hybridized carbons (Fsp3) is 0.111. The van der Waals surface area contributed by atoms with Gasteiger partial charge in [0.15, 0.2) is 0 Å². The predicted molar refractivity (Wildman–Crippen MR) is 54.7 cm³/mol. The first-order valence-electron chi connectivity index (χ1n) is 3.34. The normalized spacial score (nSPS) is 9.23. The van der Waals surface area contributed by atoms with Crippen molar-refractivity contribution in [3.8, 4) is 11.8 Å². The summed E-state index contributed by atoms with van der Waals surface area (Å²) < 4.78 is 26.0. The Morgan fingerprint density at radius 2 is 2.00 bits per heavy atom. The number of halogens is 4. The molecule has 0 unspecified atom stereocenters. The van der Waals surface area contributed by atoms with E-state index in [1.165, 1.54) is 6.07 Å². The van der Waals surface area contributed by atoms with Gasteiger partial charge in [0.25, 0.3) is 0 Å². The summed E-state index contributed by atoms with van der Waals surface area (Å²) in [7, 11) is 0. The third kappa shape index (κ3) is 2.78. The van der Waals surface area contributed by atoms with Gasteiger partial charge in [-0.2, -0.15) is 0 Å². The highest BCUT2D eigenvalue weighted by molar-refractivity contribution is 9.10. The van der Waals surface area contributed by atoms with Crippen molar-refractivity contribution in [1.29, 1.82) is 0 Å². The Balaban J connectivity index is 3.21. The molecule has 0 nitrogen and oxygen atoms in total. The van der Waals surface area contributed by atoms with Crippen LogP contribution in [0.4, 0.5) is 8.78 Å². The highest BCUT2D eigenvalue weighted by atomic mass is 79.9. The first-order valence-corrected chi connectivity index (χ1v) is 5.26. The zero-order valence-electron chi connectivity index (χ0n) is 6.37. The van der Waals surface area contributed by atoms with Crippen LogP contribution in [-0.4, -0.2) is 5.33 Å². The quantitative estimate of drug-likeness (QED) is 0.508. The van der Waals surface area contributed by atoms with Gasteiger partial charge in [-0.05, 0) is 22.0 Å². The maximum absolute atomic E-state index is 13.0. The minimum Gasteiger partial charge on any atom is -0.207 e. The molecule has 0 atom stereocenters. The van der Waals surface area contributed by atoms with Crippen LogP contribution in [0, 0.1) is 23.5 Å². The molecule has 1 aromatic rings. The van der Waals surface area contributed by atoms with Gasteiger partial charge in [-0.15, -0.1) is 0 Å². The Kier molecular flexibility index (Phi) is 3.89. The van der Waals surface area contributed by atoms with Gasteiger partial charge in [-0.25, -0.2) is 8.78 Å². The molecule has 4 heteroatoms. The summed E-state index contributed by atoms with van der Waals surface area (Å²) >= 11 is 6.12. The second-order valence-electron chi connectivity index (χ2n) is 2.18. The first kappa shape index (κ1) is 10.7. The van der Waals surface area contributed by atoms with E-state index < -0.39 is 11.6 Å². The van der Waals surface area contributed by atoms with Gasteiger partial charge in [-0.3, -0.25) is 0 Å². The Morgan fingerprint density at radius 1 is 1.31 bits per heavy atom. The van der Waals surface area contributed by atoms with E-state index in [9.17, 15) is 8.78 Å². The van der Waals surface area contributed by atoms with Crippen molar-refractivity contribution < 1.29 is 8.78 Å². The van der Waals surface area contributed by atoms with Gasteiger partial charge in [0.05, 0.1) is 10.9 Å². The first-order chi connectivity index (χ1) is 6.15. The fourth-order valence-corrected chi connectivity index (χ4v) is 1.43. The standard InChI is InChI=1S/C9H4Br2F2/c10-3-1-2-7-8(11)4-6(12)5-9(7)13/h4-5H,3H2. The lowest BCUT2D eigenvalue weighted by atomic mass is 10.2. The van der Waals surface area contributed by atoms with Crippen molar-refractivity contribution >= 4 is 31.9 Å². The van der Waals surface area contributed by atoms with Crippen LogP contribution in [0.3, 0.4) is 0 Å².